The van der Waals surface area contributed by atoms with Gasteiger partial charge in [0.1, 0.15) is 12.7 Å². The first kappa shape index (κ1) is 18.0. The summed E-state index contributed by atoms with van der Waals surface area (Å²) in [7, 11) is 0. The number of carbonyl (C=O) groups excluding carboxylic acids is 1. The van der Waals surface area contributed by atoms with Crippen LogP contribution in [0.2, 0.25) is 0 Å². The van der Waals surface area contributed by atoms with Crippen molar-refractivity contribution in [1.82, 2.24) is 20.1 Å². The normalized spacial score (nSPS) is 13.6. The maximum atomic E-state index is 12.6. The summed E-state index contributed by atoms with van der Waals surface area (Å²) in [5.74, 6) is 0.450. The molecule has 1 aromatic carbocycles. The Bertz CT molecular complexity index is 666. The maximum absolute atomic E-state index is 12.6. The average Bonchev–Trinajstić information content (AvgIpc) is 3.01. The summed E-state index contributed by atoms with van der Waals surface area (Å²) in [5.41, 5.74) is 2.67. The van der Waals surface area contributed by atoms with Gasteiger partial charge in [0, 0.05) is 23.3 Å². The van der Waals surface area contributed by atoms with Crippen LogP contribution in [0.5, 0.6) is 0 Å². The third-order valence-corrected chi connectivity index (χ3v) is 4.27. The highest BCUT2D eigenvalue weighted by molar-refractivity contribution is 5.97. The van der Waals surface area contributed by atoms with Crippen molar-refractivity contribution in [3.63, 3.8) is 0 Å². The van der Waals surface area contributed by atoms with E-state index in [0.717, 1.165) is 11.3 Å². The predicted octanol–water partition coefficient (Wildman–Crippen LogP) is 2.86. The Balaban J connectivity index is 2.06. The number of nitrogens with zero attached hydrogens (tertiary/aromatic N) is 3. The third-order valence-electron chi connectivity index (χ3n) is 4.27. The molecule has 1 aromatic heterocycles. The molecule has 0 aliphatic rings. The standard InChI is InChI=1S/C18H27N5O/c1-12(2)15(5)22-17-8-6-7-16(14(17)4)18(24)21-13(3)9-23-11-19-10-20-23/h6-8,10-13,15,22H,9H2,1-5H3,(H,21,24). The fourth-order valence-corrected chi connectivity index (χ4v) is 2.40. The highest BCUT2D eigenvalue weighted by Crippen LogP contribution is 2.21. The zero-order valence-electron chi connectivity index (χ0n) is 15.1. The summed E-state index contributed by atoms with van der Waals surface area (Å²) in [6.45, 7) is 11.0. The molecule has 2 N–H and O–H groups in total. The molecule has 6 nitrogen and oxygen atoms in total. The lowest BCUT2D eigenvalue weighted by molar-refractivity contribution is 0.0935. The van der Waals surface area contributed by atoms with Gasteiger partial charge in [-0.3, -0.25) is 9.48 Å². The quantitative estimate of drug-likeness (QED) is 0.819. The van der Waals surface area contributed by atoms with Crippen LogP contribution in [0.25, 0.3) is 0 Å². The van der Waals surface area contributed by atoms with Crippen LogP contribution < -0.4 is 10.6 Å². The van der Waals surface area contributed by atoms with E-state index < -0.39 is 0 Å². The van der Waals surface area contributed by atoms with Gasteiger partial charge in [-0.15, -0.1) is 0 Å². The molecule has 2 aromatic rings. The summed E-state index contributed by atoms with van der Waals surface area (Å²) < 4.78 is 1.71. The Kier molecular flexibility index (Phi) is 5.95. The Labute approximate surface area is 143 Å². The summed E-state index contributed by atoms with van der Waals surface area (Å²) in [5, 5.41) is 10.6. The molecule has 0 aliphatic carbocycles. The molecule has 24 heavy (non-hydrogen) atoms. The molecule has 0 aliphatic heterocycles. The Hall–Kier alpha value is -2.37. The van der Waals surface area contributed by atoms with E-state index in [-0.39, 0.29) is 11.9 Å². The monoisotopic (exact) mass is 329 g/mol. The van der Waals surface area contributed by atoms with Crippen LogP contribution in [0.4, 0.5) is 5.69 Å². The molecule has 0 radical (unpaired) electrons. The van der Waals surface area contributed by atoms with Gasteiger partial charge < -0.3 is 10.6 Å². The molecule has 0 saturated carbocycles. The van der Waals surface area contributed by atoms with Crippen LogP contribution in [0.15, 0.2) is 30.9 Å². The first-order chi connectivity index (χ1) is 11.4. The number of amides is 1. The van der Waals surface area contributed by atoms with Gasteiger partial charge in [0.15, 0.2) is 0 Å². The van der Waals surface area contributed by atoms with Crippen molar-refractivity contribution >= 4 is 11.6 Å². The minimum absolute atomic E-state index is 0.0372. The van der Waals surface area contributed by atoms with Crippen LogP contribution in [-0.4, -0.2) is 32.8 Å². The highest BCUT2D eigenvalue weighted by atomic mass is 16.1. The number of hydrogen-bond donors (Lipinski definition) is 2. The minimum atomic E-state index is -0.0686. The van der Waals surface area contributed by atoms with Crippen LogP contribution >= 0.6 is 0 Å². The molecule has 0 fully saturated rings. The second-order valence-corrected chi connectivity index (χ2v) is 6.65. The Morgan fingerprint density at radius 2 is 2.00 bits per heavy atom. The van der Waals surface area contributed by atoms with E-state index in [1.54, 1.807) is 11.0 Å². The summed E-state index contributed by atoms with van der Waals surface area (Å²) >= 11 is 0. The molecular weight excluding hydrogens is 302 g/mol. The number of benzene rings is 1. The largest absolute Gasteiger partial charge is 0.382 e. The van der Waals surface area contributed by atoms with E-state index in [1.165, 1.54) is 6.33 Å². The fraction of sp³-hybridized carbons (Fsp3) is 0.500. The second kappa shape index (κ2) is 7.95. The predicted molar refractivity (Wildman–Crippen MR) is 96.1 cm³/mol. The van der Waals surface area contributed by atoms with Crippen molar-refractivity contribution in [2.45, 2.75) is 53.2 Å². The van der Waals surface area contributed by atoms with E-state index in [4.69, 9.17) is 0 Å². The van der Waals surface area contributed by atoms with Gasteiger partial charge in [-0.1, -0.05) is 19.9 Å². The summed E-state index contributed by atoms with van der Waals surface area (Å²) in [4.78, 5) is 16.5. The zero-order valence-corrected chi connectivity index (χ0v) is 15.1. The number of rotatable bonds is 7. The molecule has 2 rings (SSSR count). The van der Waals surface area contributed by atoms with Crippen LogP contribution in [0, 0.1) is 12.8 Å². The molecule has 0 bridgehead atoms. The zero-order chi connectivity index (χ0) is 17.7. The van der Waals surface area contributed by atoms with Crippen LogP contribution in [0.3, 0.4) is 0 Å². The first-order valence-electron chi connectivity index (χ1n) is 8.38. The molecule has 130 valence electrons. The Morgan fingerprint density at radius 3 is 2.62 bits per heavy atom. The SMILES string of the molecule is Cc1c(NC(C)C(C)C)cccc1C(=O)NC(C)Cn1cncn1. The number of anilines is 1. The number of nitrogens with one attached hydrogen (secondary N) is 2. The van der Waals surface area contributed by atoms with Crippen molar-refractivity contribution in [1.29, 1.82) is 0 Å². The van der Waals surface area contributed by atoms with Gasteiger partial charge in [-0.05, 0) is 44.4 Å². The lowest BCUT2D eigenvalue weighted by atomic mass is 10.0. The molecule has 6 heteroatoms. The van der Waals surface area contributed by atoms with Crippen molar-refractivity contribution in [2.24, 2.45) is 5.92 Å². The number of carbonyl (C=O) groups is 1. The molecule has 0 spiro atoms. The van der Waals surface area contributed by atoms with E-state index in [1.807, 2.05) is 32.0 Å². The van der Waals surface area contributed by atoms with Gasteiger partial charge in [0.2, 0.25) is 0 Å². The van der Waals surface area contributed by atoms with E-state index in [0.29, 0.717) is 24.1 Å². The fourth-order valence-electron chi connectivity index (χ4n) is 2.40. The van der Waals surface area contributed by atoms with Crippen molar-refractivity contribution < 1.29 is 4.79 Å². The molecule has 0 saturated heterocycles. The molecular formula is C18H27N5O. The van der Waals surface area contributed by atoms with Crippen molar-refractivity contribution in [3.05, 3.63) is 42.0 Å². The lowest BCUT2D eigenvalue weighted by Gasteiger charge is -2.22. The van der Waals surface area contributed by atoms with Crippen molar-refractivity contribution in [3.8, 4) is 0 Å². The highest BCUT2D eigenvalue weighted by Gasteiger charge is 2.16. The average molecular weight is 329 g/mol. The summed E-state index contributed by atoms with van der Waals surface area (Å²) in [6.07, 6.45) is 3.13. The molecule has 2 atom stereocenters. The van der Waals surface area contributed by atoms with Crippen LogP contribution in [0.1, 0.15) is 43.6 Å². The molecule has 1 heterocycles. The smallest absolute Gasteiger partial charge is 0.251 e. The van der Waals surface area contributed by atoms with Crippen molar-refractivity contribution in [2.75, 3.05) is 5.32 Å². The molecule has 2 unspecified atom stereocenters. The second-order valence-electron chi connectivity index (χ2n) is 6.65. The van der Waals surface area contributed by atoms with Gasteiger partial charge >= 0.3 is 0 Å². The Morgan fingerprint density at radius 1 is 1.25 bits per heavy atom. The topological polar surface area (TPSA) is 71.8 Å². The van der Waals surface area contributed by atoms with Gasteiger partial charge in [-0.2, -0.15) is 5.10 Å². The lowest BCUT2D eigenvalue weighted by Crippen LogP contribution is -2.36. The number of hydrogen-bond acceptors (Lipinski definition) is 4. The van der Waals surface area contributed by atoms with E-state index in [9.17, 15) is 4.79 Å². The maximum Gasteiger partial charge on any atom is 0.251 e. The van der Waals surface area contributed by atoms with E-state index >= 15 is 0 Å². The third kappa shape index (κ3) is 4.57. The van der Waals surface area contributed by atoms with Crippen LogP contribution in [-0.2, 0) is 6.54 Å². The minimum Gasteiger partial charge on any atom is -0.382 e. The summed E-state index contributed by atoms with van der Waals surface area (Å²) in [6, 6.07) is 6.10. The first-order valence-corrected chi connectivity index (χ1v) is 8.38. The number of aromatic nitrogens is 3. The van der Waals surface area contributed by atoms with Gasteiger partial charge in [-0.25, -0.2) is 4.98 Å². The van der Waals surface area contributed by atoms with Gasteiger partial charge in [0.25, 0.3) is 5.91 Å². The van der Waals surface area contributed by atoms with E-state index in [2.05, 4.69) is 41.5 Å². The van der Waals surface area contributed by atoms with Gasteiger partial charge in [0.05, 0.1) is 6.54 Å². The molecule has 1 amide bonds.